The second-order valence-corrected chi connectivity index (χ2v) is 5.61. The smallest absolute Gasteiger partial charge is 0.130 e. The van der Waals surface area contributed by atoms with Crippen LogP contribution in [0.3, 0.4) is 0 Å². The maximum absolute atomic E-state index is 5.74. The van der Waals surface area contributed by atoms with Gasteiger partial charge in [0.2, 0.25) is 0 Å². The normalized spacial score (nSPS) is 12.1. The summed E-state index contributed by atoms with van der Waals surface area (Å²) in [5.74, 6) is 1.87. The van der Waals surface area contributed by atoms with E-state index in [9.17, 15) is 0 Å². The van der Waals surface area contributed by atoms with Crippen molar-refractivity contribution in [3.05, 3.63) is 23.2 Å². The number of aryl methyl sites for hydroxylation is 1. The monoisotopic (exact) mass is 269 g/mol. The summed E-state index contributed by atoms with van der Waals surface area (Å²) in [6, 6.07) is 2.04. The van der Waals surface area contributed by atoms with E-state index in [4.69, 9.17) is 13.9 Å². The highest BCUT2D eigenvalue weighted by molar-refractivity contribution is 5.19. The van der Waals surface area contributed by atoms with Crippen LogP contribution in [-0.4, -0.2) is 25.4 Å². The first-order valence-corrected chi connectivity index (χ1v) is 6.93. The first-order chi connectivity index (χ1) is 8.92. The van der Waals surface area contributed by atoms with E-state index < -0.39 is 0 Å². The lowest BCUT2D eigenvalue weighted by atomic mass is 10.2. The summed E-state index contributed by atoms with van der Waals surface area (Å²) in [7, 11) is 0. The highest BCUT2D eigenvalue weighted by Crippen LogP contribution is 2.15. The van der Waals surface area contributed by atoms with Gasteiger partial charge >= 0.3 is 0 Å². The van der Waals surface area contributed by atoms with Gasteiger partial charge in [-0.3, -0.25) is 0 Å². The van der Waals surface area contributed by atoms with Crippen LogP contribution >= 0.6 is 0 Å². The van der Waals surface area contributed by atoms with Crippen LogP contribution in [0.5, 0.6) is 0 Å². The lowest BCUT2D eigenvalue weighted by molar-refractivity contribution is -0.0395. The minimum Gasteiger partial charge on any atom is -0.462 e. The molecule has 4 nitrogen and oxygen atoms in total. The molecule has 0 unspecified atom stereocenters. The van der Waals surface area contributed by atoms with Gasteiger partial charge in [-0.25, -0.2) is 0 Å². The number of nitrogens with one attached hydrogen (secondary N) is 1. The molecule has 1 aromatic heterocycles. The summed E-state index contributed by atoms with van der Waals surface area (Å²) < 4.78 is 16.9. The predicted molar refractivity (Wildman–Crippen MR) is 76.2 cm³/mol. The van der Waals surface area contributed by atoms with Crippen LogP contribution in [0.1, 0.15) is 44.8 Å². The average molecular weight is 269 g/mol. The first kappa shape index (κ1) is 16.2. The highest BCUT2D eigenvalue weighted by Gasteiger charge is 2.10. The number of hydrogen-bond donors (Lipinski definition) is 1. The molecule has 4 heteroatoms. The van der Waals surface area contributed by atoms with Gasteiger partial charge in [-0.15, -0.1) is 0 Å². The quantitative estimate of drug-likeness (QED) is 0.737. The molecular weight excluding hydrogens is 242 g/mol. The molecular formula is C15H27NO3. The molecule has 0 spiro atoms. The molecule has 0 aliphatic carbocycles. The fourth-order valence-electron chi connectivity index (χ4n) is 1.65. The van der Waals surface area contributed by atoms with Crippen molar-refractivity contribution in [2.24, 2.45) is 0 Å². The Balaban J connectivity index is 2.26. The third kappa shape index (κ3) is 6.76. The Morgan fingerprint density at radius 3 is 2.63 bits per heavy atom. The zero-order valence-electron chi connectivity index (χ0n) is 12.8. The van der Waals surface area contributed by atoms with Gasteiger partial charge < -0.3 is 19.2 Å². The van der Waals surface area contributed by atoms with E-state index in [0.717, 1.165) is 24.6 Å². The minimum absolute atomic E-state index is 0.108. The summed E-state index contributed by atoms with van der Waals surface area (Å²) in [4.78, 5) is 0. The average Bonchev–Trinajstić information content (AvgIpc) is 2.65. The molecule has 0 saturated carbocycles. The zero-order valence-corrected chi connectivity index (χ0v) is 12.8. The SMILES string of the molecule is CCNCc1oc(COCCOC(C)(C)C)cc1C. The van der Waals surface area contributed by atoms with Gasteiger partial charge in [0.15, 0.2) is 0 Å². The highest BCUT2D eigenvalue weighted by atomic mass is 16.5. The summed E-state index contributed by atoms with van der Waals surface area (Å²) in [6.45, 7) is 13.7. The van der Waals surface area contributed by atoms with Gasteiger partial charge in [0, 0.05) is 0 Å². The van der Waals surface area contributed by atoms with Crippen LogP contribution in [0.15, 0.2) is 10.5 Å². The van der Waals surface area contributed by atoms with Gasteiger partial charge in [0.05, 0.1) is 25.4 Å². The van der Waals surface area contributed by atoms with E-state index in [1.807, 2.05) is 26.8 Å². The molecule has 1 rings (SSSR count). The Kier molecular flexibility index (Phi) is 6.55. The van der Waals surface area contributed by atoms with E-state index in [0.29, 0.717) is 19.8 Å². The van der Waals surface area contributed by atoms with Gasteiger partial charge in [-0.1, -0.05) is 6.92 Å². The lowest BCUT2D eigenvalue weighted by Gasteiger charge is -2.19. The molecule has 110 valence electrons. The fraction of sp³-hybridized carbons (Fsp3) is 0.733. The van der Waals surface area contributed by atoms with Crippen LogP contribution in [-0.2, 0) is 22.6 Å². The molecule has 0 aromatic carbocycles. The molecule has 0 atom stereocenters. The maximum atomic E-state index is 5.74. The predicted octanol–water partition coefficient (Wildman–Crippen LogP) is 3.03. The molecule has 1 aromatic rings. The molecule has 0 amide bonds. The summed E-state index contributed by atoms with van der Waals surface area (Å²) in [5, 5.41) is 3.26. The van der Waals surface area contributed by atoms with Crippen LogP contribution < -0.4 is 5.32 Å². The number of ether oxygens (including phenoxy) is 2. The van der Waals surface area contributed by atoms with E-state index in [1.165, 1.54) is 5.56 Å². The molecule has 0 saturated heterocycles. The van der Waals surface area contributed by atoms with Crippen molar-refractivity contribution in [1.82, 2.24) is 5.32 Å². The number of furan rings is 1. The molecule has 0 fully saturated rings. The summed E-state index contributed by atoms with van der Waals surface area (Å²) in [5.41, 5.74) is 1.06. The fourth-order valence-corrected chi connectivity index (χ4v) is 1.65. The van der Waals surface area contributed by atoms with E-state index in [2.05, 4.69) is 19.2 Å². The summed E-state index contributed by atoms with van der Waals surface area (Å²) >= 11 is 0. The van der Waals surface area contributed by atoms with Crippen LogP contribution in [0.2, 0.25) is 0 Å². The Labute approximate surface area is 116 Å². The van der Waals surface area contributed by atoms with Crippen LogP contribution in [0, 0.1) is 6.92 Å². The van der Waals surface area contributed by atoms with E-state index >= 15 is 0 Å². The molecule has 19 heavy (non-hydrogen) atoms. The van der Waals surface area contributed by atoms with E-state index in [-0.39, 0.29) is 5.60 Å². The largest absolute Gasteiger partial charge is 0.462 e. The van der Waals surface area contributed by atoms with Crippen molar-refractivity contribution in [3.8, 4) is 0 Å². The second kappa shape index (κ2) is 7.68. The third-order valence-corrected chi connectivity index (χ3v) is 2.61. The van der Waals surface area contributed by atoms with Crippen molar-refractivity contribution in [2.45, 2.75) is 53.4 Å². The van der Waals surface area contributed by atoms with Crippen molar-refractivity contribution in [2.75, 3.05) is 19.8 Å². The van der Waals surface area contributed by atoms with Crippen molar-refractivity contribution in [1.29, 1.82) is 0 Å². The molecule has 1 N–H and O–H groups in total. The van der Waals surface area contributed by atoms with Gasteiger partial charge in [-0.2, -0.15) is 0 Å². The number of rotatable bonds is 8. The first-order valence-electron chi connectivity index (χ1n) is 6.93. The topological polar surface area (TPSA) is 43.6 Å². The molecule has 0 aliphatic heterocycles. The Morgan fingerprint density at radius 2 is 2.00 bits per heavy atom. The van der Waals surface area contributed by atoms with Gasteiger partial charge in [0.25, 0.3) is 0 Å². The third-order valence-electron chi connectivity index (χ3n) is 2.61. The molecule has 1 heterocycles. The molecule has 0 radical (unpaired) electrons. The lowest BCUT2D eigenvalue weighted by Crippen LogP contribution is -2.21. The molecule has 0 aliphatic rings. The van der Waals surface area contributed by atoms with E-state index in [1.54, 1.807) is 0 Å². The van der Waals surface area contributed by atoms with Gasteiger partial charge in [-0.05, 0) is 45.9 Å². The van der Waals surface area contributed by atoms with Gasteiger partial charge in [0.1, 0.15) is 18.1 Å². The number of hydrogen-bond acceptors (Lipinski definition) is 4. The van der Waals surface area contributed by atoms with Crippen molar-refractivity contribution in [3.63, 3.8) is 0 Å². The maximum Gasteiger partial charge on any atom is 0.130 e. The second-order valence-electron chi connectivity index (χ2n) is 5.61. The minimum atomic E-state index is -0.108. The molecule has 0 bridgehead atoms. The van der Waals surface area contributed by atoms with Crippen LogP contribution in [0.25, 0.3) is 0 Å². The van der Waals surface area contributed by atoms with Crippen molar-refractivity contribution < 1.29 is 13.9 Å². The van der Waals surface area contributed by atoms with Crippen molar-refractivity contribution >= 4 is 0 Å². The summed E-state index contributed by atoms with van der Waals surface area (Å²) in [6.07, 6.45) is 0. The Hall–Kier alpha value is -0.840. The van der Waals surface area contributed by atoms with Crippen LogP contribution in [0.4, 0.5) is 0 Å². The standard InChI is InChI=1S/C15H27NO3/c1-6-16-10-14-12(2)9-13(19-14)11-17-7-8-18-15(3,4)5/h9,16H,6-8,10-11H2,1-5H3. The Morgan fingerprint density at radius 1 is 1.26 bits per heavy atom. The Bertz CT molecular complexity index is 366. The zero-order chi connectivity index (χ0) is 14.3.